The molecule has 15 heavy (non-hydrogen) atoms. The van der Waals surface area contributed by atoms with E-state index in [9.17, 15) is 4.79 Å². The van der Waals surface area contributed by atoms with Crippen LogP contribution in [0.3, 0.4) is 0 Å². The van der Waals surface area contributed by atoms with E-state index in [1.54, 1.807) is 19.1 Å². The quantitative estimate of drug-likeness (QED) is 0.774. The van der Waals surface area contributed by atoms with Crippen LogP contribution >= 0.6 is 11.6 Å². The minimum absolute atomic E-state index is 0.0358. The Kier molecular flexibility index (Phi) is 4.33. The Hall–Kier alpha value is -1.33. The summed E-state index contributed by atoms with van der Waals surface area (Å²) >= 11 is 5.65. The van der Waals surface area contributed by atoms with Gasteiger partial charge in [-0.3, -0.25) is 5.32 Å². The van der Waals surface area contributed by atoms with Gasteiger partial charge in [-0.05, 0) is 19.1 Å². The highest BCUT2D eigenvalue weighted by molar-refractivity contribution is 6.29. The first-order valence-electron chi connectivity index (χ1n) is 4.31. The monoisotopic (exact) mass is 230 g/mol. The molecule has 0 unspecified atom stereocenters. The molecule has 5 nitrogen and oxygen atoms in total. The van der Waals surface area contributed by atoms with E-state index in [4.69, 9.17) is 16.7 Å². The number of aryl methyl sites for hydroxylation is 1. The van der Waals surface area contributed by atoms with E-state index < -0.39 is 6.09 Å². The Morgan fingerprint density at radius 1 is 1.67 bits per heavy atom. The minimum atomic E-state index is -0.628. The molecule has 0 fully saturated rings. The number of rotatable bonds is 3. The molecule has 1 heterocycles. The summed E-state index contributed by atoms with van der Waals surface area (Å²) in [7, 11) is 0. The summed E-state index contributed by atoms with van der Waals surface area (Å²) in [5.74, 6) is 0. The summed E-state index contributed by atoms with van der Waals surface area (Å²) in [6.07, 6.45) is -0.628. The fraction of sp³-hybridized carbons (Fsp3) is 0.333. The summed E-state index contributed by atoms with van der Waals surface area (Å²) in [5, 5.41) is 11.3. The Labute approximate surface area is 92.0 Å². The standard InChI is InChI=1S/C9H11ClN2O3/c1-6-7(2-3-8(10)11-6)12-9(14)15-5-4-13/h2-3,13H,4-5H2,1H3,(H,12,14). The number of nitrogens with zero attached hydrogens (tertiary/aromatic N) is 1. The lowest BCUT2D eigenvalue weighted by atomic mass is 10.3. The van der Waals surface area contributed by atoms with Crippen LogP contribution in [0.5, 0.6) is 0 Å². The number of aromatic nitrogens is 1. The maximum absolute atomic E-state index is 11.1. The maximum Gasteiger partial charge on any atom is 0.411 e. The zero-order chi connectivity index (χ0) is 11.3. The minimum Gasteiger partial charge on any atom is -0.447 e. The van der Waals surface area contributed by atoms with Gasteiger partial charge >= 0.3 is 6.09 Å². The van der Waals surface area contributed by atoms with Crippen molar-refractivity contribution in [2.24, 2.45) is 0 Å². The molecule has 0 aliphatic heterocycles. The number of hydrogen-bond acceptors (Lipinski definition) is 4. The summed E-state index contributed by atoms with van der Waals surface area (Å²) in [6, 6.07) is 3.20. The molecule has 0 saturated heterocycles. The van der Waals surface area contributed by atoms with Crippen molar-refractivity contribution in [3.05, 3.63) is 23.0 Å². The van der Waals surface area contributed by atoms with Crippen LogP contribution in [-0.4, -0.2) is 29.4 Å². The van der Waals surface area contributed by atoms with Gasteiger partial charge in [0.05, 0.1) is 18.0 Å². The molecule has 0 radical (unpaired) electrons. The Balaban J connectivity index is 2.60. The second-order valence-electron chi connectivity index (χ2n) is 2.75. The third kappa shape index (κ3) is 3.73. The number of pyridine rings is 1. The zero-order valence-electron chi connectivity index (χ0n) is 8.16. The second kappa shape index (κ2) is 5.53. The molecule has 0 spiro atoms. The molecule has 0 atom stereocenters. The number of carbonyl (C=O) groups is 1. The second-order valence-corrected chi connectivity index (χ2v) is 3.14. The predicted molar refractivity (Wildman–Crippen MR) is 56.0 cm³/mol. The number of carbonyl (C=O) groups excluding carboxylic acids is 1. The van der Waals surface area contributed by atoms with Gasteiger partial charge in [0.25, 0.3) is 0 Å². The van der Waals surface area contributed by atoms with Crippen LogP contribution in [0.4, 0.5) is 10.5 Å². The fourth-order valence-electron chi connectivity index (χ4n) is 0.947. The van der Waals surface area contributed by atoms with Crippen molar-refractivity contribution in [2.45, 2.75) is 6.92 Å². The van der Waals surface area contributed by atoms with Crippen molar-refractivity contribution < 1.29 is 14.6 Å². The van der Waals surface area contributed by atoms with Crippen LogP contribution in [0.25, 0.3) is 0 Å². The zero-order valence-corrected chi connectivity index (χ0v) is 8.91. The third-order valence-corrected chi connectivity index (χ3v) is 1.82. The van der Waals surface area contributed by atoms with Crippen LogP contribution < -0.4 is 5.32 Å². The number of anilines is 1. The number of aliphatic hydroxyl groups is 1. The summed E-state index contributed by atoms with van der Waals surface area (Å²) in [6.45, 7) is 1.48. The highest BCUT2D eigenvalue weighted by Crippen LogP contribution is 2.15. The normalized spacial score (nSPS) is 9.80. The smallest absolute Gasteiger partial charge is 0.411 e. The molecule has 2 N–H and O–H groups in total. The van der Waals surface area contributed by atoms with Crippen molar-refractivity contribution in [3.8, 4) is 0 Å². The first kappa shape index (κ1) is 11.7. The van der Waals surface area contributed by atoms with Crippen molar-refractivity contribution in [3.63, 3.8) is 0 Å². The van der Waals surface area contributed by atoms with Crippen LogP contribution in [0.2, 0.25) is 5.15 Å². The first-order valence-corrected chi connectivity index (χ1v) is 4.69. The molecule has 1 amide bonds. The van der Waals surface area contributed by atoms with E-state index in [0.717, 1.165) is 0 Å². The van der Waals surface area contributed by atoms with Gasteiger partial charge in [-0.15, -0.1) is 0 Å². The molecule has 1 aromatic heterocycles. The van der Waals surface area contributed by atoms with Gasteiger partial charge in [-0.2, -0.15) is 0 Å². The molecule has 1 aromatic rings. The molecule has 6 heteroatoms. The molecule has 0 saturated carbocycles. The van der Waals surface area contributed by atoms with Crippen LogP contribution in [0, 0.1) is 6.92 Å². The van der Waals surface area contributed by atoms with Gasteiger partial charge in [0.1, 0.15) is 11.8 Å². The lowest BCUT2D eigenvalue weighted by Crippen LogP contribution is -2.16. The molecule has 0 bridgehead atoms. The molecule has 0 aliphatic rings. The van der Waals surface area contributed by atoms with E-state index in [2.05, 4.69) is 15.0 Å². The molecular formula is C9H11ClN2O3. The third-order valence-electron chi connectivity index (χ3n) is 1.61. The average molecular weight is 231 g/mol. The number of halogens is 1. The Morgan fingerprint density at radius 3 is 3.00 bits per heavy atom. The van der Waals surface area contributed by atoms with E-state index in [-0.39, 0.29) is 13.2 Å². The fourth-order valence-corrected chi connectivity index (χ4v) is 1.14. The number of amides is 1. The number of aliphatic hydroxyl groups excluding tert-OH is 1. The van der Waals surface area contributed by atoms with Gasteiger partial charge in [0.15, 0.2) is 0 Å². The molecule has 0 aliphatic carbocycles. The van der Waals surface area contributed by atoms with E-state index in [1.807, 2.05) is 0 Å². The summed E-state index contributed by atoms with van der Waals surface area (Å²) in [4.78, 5) is 15.1. The maximum atomic E-state index is 11.1. The van der Waals surface area contributed by atoms with E-state index in [1.165, 1.54) is 0 Å². The number of hydrogen-bond donors (Lipinski definition) is 2. The Bertz CT molecular complexity index is 357. The SMILES string of the molecule is Cc1nc(Cl)ccc1NC(=O)OCCO. The first-order chi connectivity index (χ1) is 7.13. The van der Waals surface area contributed by atoms with Crippen LogP contribution in [0.1, 0.15) is 5.69 Å². The van der Waals surface area contributed by atoms with Gasteiger partial charge in [0.2, 0.25) is 0 Å². The number of nitrogens with one attached hydrogen (secondary N) is 1. The molecule has 82 valence electrons. The van der Waals surface area contributed by atoms with Gasteiger partial charge < -0.3 is 9.84 Å². The van der Waals surface area contributed by atoms with E-state index >= 15 is 0 Å². The Morgan fingerprint density at radius 2 is 2.40 bits per heavy atom. The van der Waals surface area contributed by atoms with Crippen molar-refractivity contribution >= 4 is 23.4 Å². The molecule has 0 aromatic carbocycles. The number of ether oxygens (including phenoxy) is 1. The van der Waals surface area contributed by atoms with E-state index in [0.29, 0.717) is 16.5 Å². The van der Waals surface area contributed by atoms with Gasteiger partial charge in [-0.25, -0.2) is 9.78 Å². The van der Waals surface area contributed by atoms with Crippen molar-refractivity contribution in [1.82, 2.24) is 4.98 Å². The van der Waals surface area contributed by atoms with Crippen LogP contribution in [0.15, 0.2) is 12.1 Å². The lowest BCUT2D eigenvalue weighted by molar-refractivity contribution is 0.131. The molecule has 1 rings (SSSR count). The average Bonchev–Trinajstić information content (AvgIpc) is 2.19. The summed E-state index contributed by atoms with van der Waals surface area (Å²) in [5.41, 5.74) is 1.13. The van der Waals surface area contributed by atoms with Gasteiger partial charge in [0, 0.05) is 0 Å². The lowest BCUT2D eigenvalue weighted by Gasteiger charge is -2.07. The van der Waals surface area contributed by atoms with Crippen molar-refractivity contribution in [2.75, 3.05) is 18.5 Å². The van der Waals surface area contributed by atoms with Crippen molar-refractivity contribution in [1.29, 1.82) is 0 Å². The highest BCUT2D eigenvalue weighted by Gasteiger charge is 2.06. The largest absolute Gasteiger partial charge is 0.447 e. The topological polar surface area (TPSA) is 71.5 Å². The van der Waals surface area contributed by atoms with Gasteiger partial charge in [-0.1, -0.05) is 11.6 Å². The van der Waals surface area contributed by atoms with Crippen LogP contribution in [-0.2, 0) is 4.74 Å². The predicted octanol–water partition coefficient (Wildman–Crippen LogP) is 1.58. The highest BCUT2D eigenvalue weighted by atomic mass is 35.5. The summed E-state index contributed by atoms with van der Waals surface area (Å²) < 4.78 is 4.62. The molecular weight excluding hydrogens is 220 g/mol.